The molecule has 1 atom stereocenters. The van der Waals surface area contributed by atoms with E-state index in [-0.39, 0.29) is 0 Å². The van der Waals surface area contributed by atoms with Crippen LogP contribution in [0.2, 0.25) is 0 Å². The molecule has 0 aliphatic carbocycles. The molecular weight excluding hydrogens is 256 g/mol. The van der Waals surface area contributed by atoms with Gasteiger partial charge in [-0.15, -0.1) is 10.2 Å². The van der Waals surface area contributed by atoms with Gasteiger partial charge in [-0.1, -0.05) is 32.0 Å². The van der Waals surface area contributed by atoms with Crippen LogP contribution in [0.1, 0.15) is 45.9 Å². The highest BCUT2D eigenvalue weighted by Gasteiger charge is 2.14. The average molecular weight is 282 g/mol. The van der Waals surface area contributed by atoms with Gasteiger partial charge in [0.1, 0.15) is 5.82 Å². The fraction of sp³-hybridized carbons (Fsp3) is 0.857. The fourth-order valence-electron chi connectivity index (χ4n) is 2.23. The Bertz CT molecular complexity index is 389. The van der Waals surface area contributed by atoms with E-state index in [2.05, 4.69) is 40.9 Å². The lowest BCUT2D eigenvalue weighted by molar-refractivity contribution is 0.438. The average Bonchev–Trinajstić information content (AvgIpc) is 2.62. The molecule has 2 heterocycles. The molecule has 2 rings (SSSR count). The first-order valence-corrected chi connectivity index (χ1v) is 8.45. The highest BCUT2D eigenvalue weighted by molar-refractivity contribution is 7.99. The van der Waals surface area contributed by atoms with Crippen LogP contribution >= 0.6 is 11.8 Å². The van der Waals surface area contributed by atoms with E-state index in [4.69, 9.17) is 0 Å². The minimum atomic E-state index is 0.580. The third kappa shape index (κ3) is 4.21. The molecule has 1 aromatic rings. The van der Waals surface area contributed by atoms with Crippen molar-refractivity contribution in [2.75, 3.05) is 12.3 Å². The Balaban J connectivity index is 1.79. The minimum absolute atomic E-state index is 0.580. The van der Waals surface area contributed by atoms with E-state index in [1.807, 2.05) is 11.8 Å². The Kier molecular flexibility index (Phi) is 5.70. The molecule has 1 N–H and O–H groups in total. The van der Waals surface area contributed by atoms with Gasteiger partial charge in [-0.3, -0.25) is 0 Å². The summed E-state index contributed by atoms with van der Waals surface area (Å²) in [6, 6.07) is 0.580. The van der Waals surface area contributed by atoms with E-state index >= 15 is 0 Å². The van der Waals surface area contributed by atoms with E-state index in [0.717, 1.165) is 30.4 Å². The van der Waals surface area contributed by atoms with E-state index in [0.29, 0.717) is 12.0 Å². The number of rotatable bonds is 6. The Hall–Kier alpha value is -0.550. The van der Waals surface area contributed by atoms with Gasteiger partial charge in [-0.05, 0) is 25.7 Å². The van der Waals surface area contributed by atoms with Crippen LogP contribution in [0.15, 0.2) is 5.16 Å². The molecule has 1 unspecified atom stereocenters. The lowest BCUT2D eigenvalue weighted by Gasteiger charge is -2.17. The number of aryl methyl sites for hydroxylation is 1. The molecule has 0 saturated carbocycles. The molecule has 0 saturated heterocycles. The second kappa shape index (κ2) is 7.29. The largest absolute Gasteiger partial charge is 0.313 e. The van der Waals surface area contributed by atoms with Gasteiger partial charge in [0.25, 0.3) is 0 Å². The van der Waals surface area contributed by atoms with Gasteiger partial charge in [0.2, 0.25) is 0 Å². The second-order valence-electron chi connectivity index (χ2n) is 5.70. The number of hydrogen-bond acceptors (Lipinski definition) is 4. The van der Waals surface area contributed by atoms with E-state index in [1.165, 1.54) is 25.1 Å². The first kappa shape index (κ1) is 14.9. The molecule has 5 heteroatoms. The van der Waals surface area contributed by atoms with Gasteiger partial charge in [0.05, 0.1) is 0 Å². The van der Waals surface area contributed by atoms with Crippen molar-refractivity contribution in [1.82, 2.24) is 20.1 Å². The van der Waals surface area contributed by atoms with Crippen molar-refractivity contribution in [2.24, 2.45) is 5.92 Å². The predicted molar refractivity (Wildman–Crippen MR) is 80.6 cm³/mol. The van der Waals surface area contributed by atoms with Crippen LogP contribution in [-0.4, -0.2) is 33.1 Å². The van der Waals surface area contributed by atoms with Crippen LogP contribution in [-0.2, 0) is 13.0 Å². The third-order valence-corrected chi connectivity index (χ3v) is 4.84. The summed E-state index contributed by atoms with van der Waals surface area (Å²) in [7, 11) is 0. The number of nitrogens with one attached hydrogen (secondary N) is 1. The van der Waals surface area contributed by atoms with Crippen LogP contribution in [0.4, 0.5) is 0 Å². The molecule has 0 radical (unpaired) electrons. The fourth-order valence-corrected chi connectivity index (χ4v) is 3.08. The van der Waals surface area contributed by atoms with Gasteiger partial charge in [0.15, 0.2) is 5.16 Å². The lowest BCUT2D eigenvalue weighted by Crippen LogP contribution is -2.32. The first-order valence-electron chi connectivity index (χ1n) is 7.46. The van der Waals surface area contributed by atoms with Gasteiger partial charge in [-0.25, -0.2) is 0 Å². The Morgan fingerprint density at radius 2 is 2.05 bits per heavy atom. The predicted octanol–water partition coefficient (Wildman–Crippen LogP) is 2.73. The summed E-state index contributed by atoms with van der Waals surface area (Å²) in [5.41, 5.74) is 0. The standard InChI is InChI=1S/C14H26N4S/c1-11(2)12(3)15-8-10-19-14-17-16-13-7-5-4-6-9-18(13)14/h11-12,15H,4-10H2,1-3H3. The maximum absolute atomic E-state index is 4.34. The Morgan fingerprint density at radius 3 is 2.84 bits per heavy atom. The lowest BCUT2D eigenvalue weighted by atomic mass is 10.1. The normalized spacial score (nSPS) is 17.3. The molecule has 108 valence electrons. The van der Waals surface area contributed by atoms with Crippen molar-refractivity contribution in [3.63, 3.8) is 0 Å². The molecule has 1 aromatic heterocycles. The topological polar surface area (TPSA) is 42.7 Å². The third-order valence-electron chi connectivity index (χ3n) is 3.88. The quantitative estimate of drug-likeness (QED) is 0.643. The molecule has 0 fully saturated rings. The summed E-state index contributed by atoms with van der Waals surface area (Å²) in [6.45, 7) is 8.89. The van der Waals surface area contributed by atoms with Crippen molar-refractivity contribution in [2.45, 2.75) is 64.2 Å². The number of thioether (sulfide) groups is 1. The zero-order chi connectivity index (χ0) is 13.7. The Labute approximate surface area is 120 Å². The molecule has 1 aliphatic heterocycles. The Morgan fingerprint density at radius 1 is 1.21 bits per heavy atom. The van der Waals surface area contributed by atoms with Gasteiger partial charge < -0.3 is 9.88 Å². The van der Waals surface area contributed by atoms with Crippen molar-refractivity contribution >= 4 is 11.8 Å². The summed E-state index contributed by atoms with van der Waals surface area (Å²) in [6.07, 6.45) is 4.94. The van der Waals surface area contributed by atoms with E-state index in [1.54, 1.807) is 0 Å². The molecule has 0 spiro atoms. The molecular formula is C14H26N4S. The van der Waals surface area contributed by atoms with Crippen LogP contribution in [0.3, 0.4) is 0 Å². The van der Waals surface area contributed by atoms with Crippen LogP contribution < -0.4 is 5.32 Å². The number of aromatic nitrogens is 3. The number of fused-ring (bicyclic) bond motifs is 1. The van der Waals surface area contributed by atoms with Crippen molar-refractivity contribution in [1.29, 1.82) is 0 Å². The van der Waals surface area contributed by atoms with Crippen LogP contribution in [0.5, 0.6) is 0 Å². The molecule has 0 amide bonds. The molecule has 0 aromatic carbocycles. The van der Waals surface area contributed by atoms with Gasteiger partial charge in [0, 0.05) is 31.3 Å². The highest BCUT2D eigenvalue weighted by atomic mass is 32.2. The minimum Gasteiger partial charge on any atom is -0.313 e. The van der Waals surface area contributed by atoms with Crippen LogP contribution in [0, 0.1) is 5.92 Å². The number of hydrogen-bond donors (Lipinski definition) is 1. The molecule has 19 heavy (non-hydrogen) atoms. The second-order valence-corrected chi connectivity index (χ2v) is 6.76. The zero-order valence-corrected chi connectivity index (χ0v) is 13.2. The first-order chi connectivity index (χ1) is 9.18. The van der Waals surface area contributed by atoms with Gasteiger partial charge in [-0.2, -0.15) is 0 Å². The zero-order valence-electron chi connectivity index (χ0n) is 12.4. The molecule has 0 bridgehead atoms. The van der Waals surface area contributed by atoms with E-state index in [9.17, 15) is 0 Å². The summed E-state index contributed by atoms with van der Waals surface area (Å²) < 4.78 is 2.32. The highest BCUT2D eigenvalue weighted by Crippen LogP contribution is 2.21. The smallest absolute Gasteiger partial charge is 0.191 e. The van der Waals surface area contributed by atoms with Crippen LogP contribution in [0.25, 0.3) is 0 Å². The summed E-state index contributed by atoms with van der Waals surface area (Å²) in [5.74, 6) is 2.94. The van der Waals surface area contributed by atoms with Crippen molar-refractivity contribution in [3.05, 3.63) is 5.82 Å². The summed E-state index contributed by atoms with van der Waals surface area (Å²) in [5, 5.41) is 13.3. The maximum atomic E-state index is 4.34. The summed E-state index contributed by atoms with van der Waals surface area (Å²) in [4.78, 5) is 0. The van der Waals surface area contributed by atoms with Crippen molar-refractivity contribution in [3.8, 4) is 0 Å². The summed E-state index contributed by atoms with van der Waals surface area (Å²) >= 11 is 1.83. The number of nitrogens with zero attached hydrogens (tertiary/aromatic N) is 3. The monoisotopic (exact) mass is 282 g/mol. The van der Waals surface area contributed by atoms with Gasteiger partial charge >= 0.3 is 0 Å². The maximum Gasteiger partial charge on any atom is 0.191 e. The molecule has 4 nitrogen and oxygen atoms in total. The molecule has 1 aliphatic rings. The van der Waals surface area contributed by atoms with Crippen molar-refractivity contribution < 1.29 is 0 Å². The van der Waals surface area contributed by atoms with E-state index < -0.39 is 0 Å². The SMILES string of the molecule is CC(C)C(C)NCCSc1nnc2n1CCCCC2.